The second-order valence-electron chi connectivity index (χ2n) is 4.88. The second-order valence-corrected chi connectivity index (χ2v) is 5.69. The fourth-order valence-corrected chi connectivity index (χ4v) is 2.20. The van der Waals surface area contributed by atoms with E-state index in [4.69, 9.17) is 28.5 Å². The molecule has 0 radical (unpaired) electrons. The third-order valence-corrected chi connectivity index (χ3v) is 3.81. The van der Waals surface area contributed by atoms with Gasteiger partial charge in [0.05, 0.1) is 15.6 Å². The number of benzene rings is 2. The van der Waals surface area contributed by atoms with Crippen molar-refractivity contribution in [2.45, 2.75) is 6.18 Å². The molecule has 0 aliphatic carbocycles. The van der Waals surface area contributed by atoms with E-state index in [1.807, 2.05) is 0 Å². The van der Waals surface area contributed by atoms with Crippen molar-refractivity contribution in [3.8, 4) is 6.07 Å². The largest absolute Gasteiger partial charge is 0.416 e. The highest BCUT2D eigenvalue weighted by Crippen LogP contribution is 2.30. The minimum atomic E-state index is -4.53. The van der Waals surface area contributed by atoms with Crippen molar-refractivity contribution in [2.75, 3.05) is 5.32 Å². The van der Waals surface area contributed by atoms with Gasteiger partial charge in [0.2, 0.25) is 0 Å². The summed E-state index contributed by atoms with van der Waals surface area (Å²) < 4.78 is 38.1. The van der Waals surface area contributed by atoms with E-state index < -0.39 is 17.6 Å². The number of halogens is 5. The zero-order valence-electron chi connectivity index (χ0n) is 12.4. The van der Waals surface area contributed by atoms with E-state index in [-0.39, 0.29) is 16.3 Å². The Morgan fingerprint density at radius 3 is 2.44 bits per heavy atom. The fourth-order valence-electron chi connectivity index (χ4n) is 1.89. The Morgan fingerprint density at radius 1 is 1.12 bits per heavy atom. The topological polar surface area (TPSA) is 52.9 Å². The van der Waals surface area contributed by atoms with Gasteiger partial charge in [-0.15, -0.1) is 0 Å². The molecule has 0 aromatic heterocycles. The first-order valence-electron chi connectivity index (χ1n) is 6.76. The molecule has 0 fully saturated rings. The standard InChI is InChI=1S/C17H9Cl2F3N2O/c18-14-5-4-10(7-15(14)19)6-11(9-23)16(25)24-13-3-1-2-12(8-13)17(20,21)22/h1-8H,(H,24,25)/b11-6-. The van der Waals surface area contributed by atoms with Crippen LogP contribution in [-0.4, -0.2) is 5.91 Å². The molecule has 2 aromatic rings. The Bertz CT molecular complexity index is 886. The molecule has 128 valence electrons. The summed E-state index contributed by atoms with van der Waals surface area (Å²) in [5.74, 6) is -0.840. The maximum atomic E-state index is 12.7. The Labute approximate surface area is 151 Å². The third-order valence-electron chi connectivity index (χ3n) is 3.07. The molecule has 0 saturated carbocycles. The molecule has 2 rings (SSSR count). The smallest absolute Gasteiger partial charge is 0.321 e. The quantitative estimate of drug-likeness (QED) is 0.556. The summed E-state index contributed by atoms with van der Waals surface area (Å²) in [6.45, 7) is 0. The number of nitriles is 1. The van der Waals surface area contributed by atoms with Gasteiger partial charge in [0.25, 0.3) is 5.91 Å². The maximum Gasteiger partial charge on any atom is 0.416 e. The molecule has 3 nitrogen and oxygen atoms in total. The van der Waals surface area contributed by atoms with Gasteiger partial charge in [-0.1, -0.05) is 35.3 Å². The van der Waals surface area contributed by atoms with Gasteiger partial charge in [0.1, 0.15) is 11.6 Å². The SMILES string of the molecule is N#C/C(=C/c1ccc(Cl)c(Cl)c1)C(=O)Nc1cccc(C(F)(F)F)c1. The lowest BCUT2D eigenvalue weighted by Crippen LogP contribution is -2.14. The average Bonchev–Trinajstić information content (AvgIpc) is 2.55. The summed E-state index contributed by atoms with van der Waals surface area (Å²) in [6, 6.07) is 10.3. The lowest BCUT2D eigenvalue weighted by atomic mass is 10.1. The summed E-state index contributed by atoms with van der Waals surface area (Å²) in [6.07, 6.45) is -3.28. The summed E-state index contributed by atoms with van der Waals surface area (Å²) in [7, 11) is 0. The average molecular weight is 385 g/mol. The number of hydrogen-bond donors (Lipinski definition) is 1. The molecule has 0 aliphatic rings. The number of amides is 1. The lowest BCUT2D eigenvalue weighted by Gasteiger charge is -2.09. The fraction of sp³-hybridized carbons (Fsp3) is 0.0588. The molecule has 2 aromatic carbocycles. The first-order valence-corrected chi connectivity index (χ1v) is 7.52. The minimum absolute atomic E-state index is 0.0740. The van der Waals surface area contributed by atoms with E-state index in [0.29, 0.717) is 10.6 Å². The number of nitrogens with zero attached hydrogens (tertiary/aromatic N) is 1. The van der Waals surface area contributed by atoms with Crippen molar-refractivity contribution in [2.24, 2.45) is 0 Å². The molecule has 8 heteroatoms. The van der Waals surface area contributed by atoms with Crippen LogP contribution in [0.25, 0.3) is 6.08 Å². The van der Waals surface area contributed by atoms with Crippen LogP contribution in [0.2, 0.25) is 10.0 Å². The number of carbonyl (C=O) groups excluding carboxylic acids is 1. The summed E-state index contributed by atoms with van der Waals surface area (Å²) in [5, 5.41) is 11.9. The van der Waals surface area contributed by atoms with Gasteiger partial charge < -0.3 is 5.32 Å². The molecular formula is C17H9Cl2F3N2O. The molecule has 0 atom stereocenters. The van der Waals surface area contributed by atoms with Crippen LogP contribution >= 0.6 is 23.2 Å². The molecule has 25 heavy (non-hydrogen) atoms. The molecule has 0 saturated heterocycles. The first-order chi connectivity index (χ1) is 11.7. The molecule has 1 amide bonds. The van der Waals surface area contributed by atoms with Gasteiger partial charge in [0, 0.05) is 5.69 Å². The van der Waals surface area contributed by atoms with E-state index in [1.54, 1.807) is 12.1 Å². The molecule has 0 bridgehead atoms. The van der Waals surface area contributed by atoms with Gasteiger partial charge in [-0.3, -0.25) is 4.79 Å². The van der Waals surface area contributed by atoms with E-state index in [9.17, 15) is 18.0 Å². The van der Waals surface area contributed by atoms with Crippen molar-refractivity contribution in [3.05, 3.63) is 69.2 Å². The highest BCUT2D eigenvalue weighted by molar-refractivity contribution is 6.42. The van der Waals surface area contributed by atoms with Gasteiger partial charge in [-0.05, 0) is 42.0 Å². The number of anilines is 1. The maximum absolute atomic E-state index is 12.7. The number of carbonyl (C=O) groups is 1. The van der Waals surface area contributed by atoms with E-state index in [1.165, 1.54) is 24.3 Å². The van der Waals surface area contributed by atoms with Crippen LogP contribution in [0.3, 0.4) is 0 Å². The number of nitrogens with one attached hydrogen (secondary N) is 1. The molecule has 1 N–H and O–H groups in total. The minimum Gasteiger partial charge on any atom is -0.321 e. The highest BCUT2D eigenvalue weighted by atomic mass is 35.5. The van der Waals surface area contributed by atoms with Crippen LogP contribution in [0.1, 0.15) is 11.1 Å². The molecular weight excluding hydrogens is 376 g/mol. The van der Waals surface area contributed by atoms with Gasteiger partial charge in [0.15, 0.2) is 0 Å². The summed E-state index contributed by atoms with van der Waals surface area (Å²) in [5.41, 5.74) is -0.826. The van der Waals surface area contributed by atoms with Gasteiger partial charge in [-0.2, -0.15) is 18.4 Å². The van der Waals surface area contributed by atoms with E-state index >= 15 is 0 Å². The van der Waals surface area contributed by atoms with Gasteiger partial charge >= 0.3 is 6.18 Å². The second kappa shape index (κ2) is 7.60. The Kier molecular flexibility index (Phi) is 5.73. The van der Waals surface area contributed by atoms with Crippen LogP contribution in [0.15, 0.2) is 48.0 Å². The summed E-state index contributed by atoms with van der Waals surface area (Å²) >= 11 is 11.6. The lowest BCUT2D eigenvalue weighted by molar-refractivity contribution is -0.137. The van der Waals surface area contributed by atoms with Crippen LogP contribution in [0, 0.1) is 11.3 Å². The van der Waals surface area contributed by atoms with Crippen molar-refractivity contribution < 1.29 is 18.0 Å². The Balaban J connectivity index is 2.25. The Hall–Kier alpha value is -2.49. The highest BCUT2D eigenvalue weighted by Gasteiger charge is 2.30. The monoisotopic (exact) mass is 384 g/mol. The zero-order chi connectivity index (χ0) is 18.6. The number of alkyl halides is 3. The third kappa shape index (κ3) is 4.99. The predicted molar refractivity (Wildman–Crippen MR) is 90.1 cm³/mol. The van der Waals surface area contributed by atoms with Gasteiger partial charge in [-0.25, -0.2) is 0 Å². The van der Waals surface area contributed by atoms with Crippen molar-refractivity contribution in [1.82, 2.24) is 0 Å². The normalized spacial score (nSPS) is 11.8. The van der Waals surface area contributed by atoms with Crippen molar-refractivity contribution >= 4 is 40.9 Å². The number of hydrogen-bond acceptors (Lipinski definition) is 2. The predicted octanol–water partition coefficient (Wildman–Crippen LogP) is 5.56. The van der Waals surface area contributed by atoms with Crippen LogP contribution in [0.4, 0.5) is 18.9 Å². The van der Waals surface area contributed by atoms with Crippen LogP contribution < -0.4 is 5.32 Å². The van der Waals surface area contributed by atoms with Crippen molar-refractivity contribution in [3.63, 3.8) is 0 Å². The molecule has 0 heterocycles. The van der Waals surface area contributed by atoms with E-state index in [0.717, 1.165) is 18.2 Å². The number of rotatable bonds is 3. The summed E-state index contributed by atoms with van der Waals surface area (Å²) in [4.78, 5) is 12.1. The van der Waals surface area contributed by atoms with Crippen molar-refractivity contribution in [1.29, 1.82) is 5.26 Å². The molecule has 0 unspecified atom stereocenters. The zero-order valence-corrected chi connectivity index (χ0v) is 13.9. The Morgan fingerprint density at radius 2 is 1.84 bits per heavy atom. The molecule has 0 aliphatic heterocycles. The first kappa shape index (κ1) is 18.8. The van der Waals surface area contributed by atoms with Crippen LogP contribution in [0.5, 0.6) is 0 Å². The van der Waals surface area contributed by atoms with E-state index in [2.05, 4.69) is 5.32 Å². The molecule has 0 spiro atoms. The van der Waals surface area contributed by atoms with Crippen LogP contribution in [-0.2, 0) is 11.0 Å².